The van der Waals surface area contributed by atoms with Crippen LogP contribution in [0.3, 0.4) is 0 Å². The molecule has 1 fully saturated rings. The summed E-state index contributed by atoms with van der Waals surface area (Å²) in [7, 11) is 2.13. The Labute approximate surface area is 122 Å². The number of fused-ring (bicyclic) bond motifs is 2. The highest BCUT2D eigenvalue weighted by Gasteiger charge is 2.48. The van der Waals surface area contributed by atoms with Crippen molar-refractivity contribution in [1.29, 1.82) is 0 Å². The van der Waals surface area contributed by atoms with E-state index >= 15 is 0 Å². The summed E-state index contributed by atoms with van der Waals surface area (Å²) in [5, 5.41) is 0. The van der Waals surface area contributed by atoms with Gasteiger partial charge in [-0.3, -0.25) is 0 Å². The van der Waals surface area contributed by atoms with Crippen LogP contribution < -0.4 is 9.47 Å². The average molecular weight is 293 g/mol. The first-order valence-electron chi connectivity index (χ1n) is 7.28. The van der Waals surface area contributed by atoms with Gasteiger partial charge < -0.3 is 14.4 Å². The van der Waals surface area contributed by atoms with Gasteiger partial charge in [-0.05, 0) is 50.6 Å². The van der Waals surface area contributed by atoms with Crippen molar-refractivity contribution in [3.63, 3.8) is 0 Å². The lowest BCUT2D eigenvalue weighted by Gasteiger charge is -2.38. The van der Waals surface area contributed by atoms with Crippen LogP contribution in [0.2, 0.25) is 0 Å². The van der Waals surface area contributed by atoms with Crippen molar-refractivity contribution in [2.75, 3.05) is 13.6 Å². The Kier molecular flexibility index (Phi) is 2.61. The molecule has 5 heteroatoms. The van der Waals surface area contributed by atoms with Crippen LogP contribution in [-0.4, -0.2) is 30.8 Å². The molecule has 0 amide bonds. The van der Waals surface area contributed by atoms with Crippen molar-refractivity contribution in [2.24, 2.45) is 0 Å². The largest absolute Gasteiger partial charge is 0.586 e. The molecule has 0 spiro atoms. The third-order valence-corrected chi connectivity index (χ3v) is 4.97. The molecule has 3 nitrogen and oxygen atoms in total. The Morgan fingerprint density at radius 2 is 2.05 bits per heavy atom. The number of likely N-dealkylation sites (N-methyl/N-ethyl adjacent to an activating group) is 1. The van der Waals surface area contributed by atoms with Crippen molar-refractivity contribution < 1.29 is 18.3 Å². The van der Waals surface area contributed by atoms with Crippen molar-refractivity contribution in [3.05, 3.63) is 35.9 Å². The van der Waals surface area contributed by atoms with Crippen LogP contribution in [0.25, 0.3) is 0 Å². The summed E-state index contributed by atoms with van der Waals surface area (Å²) >= 11 is 0. The van der Waals surface area contributed by atoms with E-state index in [0.717, 1.165) is 31.4 Å². The second-order valence-electron chi connectivity index (χ2n) is 6.10. The van der Waals surface area contributed by atoms with Gasteiger partial charge in [0.15, 0.2) is 11.5 Å². The molecule has 112 valence electrons. The average Bonchev–Trinajstić information content (AvgIpc) is 2.95. The molecular formula is C16H17F2NO2. The van der Waals surface area contributed by atoms with Crippen molar-refractivity contribution in [1.82, 2.24) is 4.90 Å². The molecule has 0 radical (unpaired) electrons. The van der Waals surface area contributed by atoms with Crippen molar-refractivity contribution in [3.8, 4) is 11.5 Å². The molecule has 1 unspecified atom stereocenters. The normalized spacial score (nSPS) is 33.2. The number of rotatable bonds is 1. The zero-order valence-electron chi connectivity index (χ0n) is 11.8. The zero-order valence-corrected chi connectivity index (χ0v) is 11.8. The smallest absolute Gasteiger partial charge is 0.395 e. The highest BCUT2D eigenvalue weighted by molar-refractivity contribution is 5.50. The van der Waals surface area contributed by atoms with Crippen molar-refractivity contribution in [2.45, 2.75) is 37.0 Å². The predicted octanol–water partition coefficient (Wildman–Crippen LogP) is 3.30. The highest BCUT2D eigenvalue weighted by Crippen LogP contribution is 2.49. The van der Waals surface area contributed by atoms with Crippen LogP contribution in [0.15, 0.2) is 30.4 Å². The predicted molar refractivity (Wildman–Crippen MR) is 73.7 cm³/mol. The van der Waals surface area contributed by atoms with Crippen LogP contribution in [0, 0.1) is 0 Å². The molecular weight excluding hydrogens is 276 g/mol. The van der Waals surface area contributed by atoms with Gasteiger partial charge in [-0.15, -0.1) is 8.78 Å². The minimum Gasteiger partial charge on any atom is -0.395 e. The Morgan fingerprint density at radius 3 is 2.90 bits per heavy atom. The molecule has 1 aromatic rings. The second-order valence-corrected chi connectivity index (χ2v) is 6.10. The fourth-order valence-corrected chi connectivity index (χ4v) is 3.97. The van der Waals surface area contributed by atoms with Crippen LogP contribution in [0.4, 0.5) is 8.78 Å². The second kappa shape index (κ2) is 4.19. The van der Waals surface area contributed by atoms with Crippen LogP contribution in [0.1, 0.15) is 24.8 Å². The van der Waals surface area contributed by atoms with Gasteiger partial charge in [0.05, 0.1) is 0 Å². The number of alkyl halides is 2. The number of ether oxygens (including phenoxy) is 2. The Bertz CT molecular complexity index is 616. The summed E-state index contributed by atoms with van der Waals surface area (Å²) in [5.41, 5.74) is 0.941. The highest BCUT2D eigenvalue weighted by atomic mass is 19.3. The lowest BCUT2D eigenvalue weighted by Crippen LogP contribution is -2.41. The molecule has 2 heterocycles. The molecule has 1 aliphatic carbocycles. The first-order valence-corrected chi connectivity index (χ1v) is 7.28. The molecule has 2 atom stereocenters. The van der Waals surface area contributed by atoms with E-state index in [0.29, 0.717) is 6.04 Å². The number of nitrogens with zero attached hydrogens (tertiary/aromatic N) is 1. The Hall–Kier alpha value is -1.62. The monoisotopic (exact) mass is 293 g/mol. The number of benzene rings is 1. The van der Waals surface area contributed by atoms with E-state index in [2.05, 4.69) is 33.6 Å². The number of likely N-dealkylation sites (tertiary alicyclic amines) is 1. The van der Waals surface area contributed by atoms with E-state index in [1.165, 1.54) is 0 Å². The fourth-order valence-electron chi connectivity index (χ4n) is 3.97. The molecule has 4 rings (SSSR count). The molecule has 1 aromatic carbocycles. The lowest BCUT2D eigenvalue weighted by molar-refractivity contribution is -0.286. The Morgan fingerprint density at radius 1 is 1.24 bits per heavy atom. The van der Waals surface area contributed by atoms with Gasteiger partial charge in [-0.25, -0.2) is 0 Å². The maximum Gasteiger partial charge on any atom is 0.586 e. The van der Waals surface area contributed by atoms with Gasteiger partial charge in [0.2, 0.25) is 0 Å². The van der Waals surface area contributed by atoms with Gasteiger partial charge in [0.1, 0.15) is 0 Å². The summed E-state index contributed by atoms with van der Waals surface area (Å²) in [5.74, 6) is 0.252. The SMILES string of the molecule is CN1CC[C@]2(c3ccc4c(c3)OC(F)(F)O4)C=CCCC12. The summed E-state index contributed by atoms with van der Waals surface area (Å²) in [6.07, 6.45) is 4.07. The van der Waals surface area contributed by atoms with Gasteiger partial charge in [0, 0.05) is 11.5 Å². The minimum atomic E-state index is -3.55. The summed E-state index contributed by atoms with van der Waals surface area (Å²) in [4.78, 5) is 2.36. The van der Waals surface area contributed by atoms with E-state index < -0.39 is 6.29 Å². The minimum absolute atomic E-state index is 0.0940. The number of hydrogen-bond acceptors (Lipinski definition) is 3. The molecule has 0 saturated carbocycles. The summed E-state index contributed by atoms with van der Waals surface area (Å²) in [6, 6.07) is 5.63. The topological polar surface area (TPSA) is 21.7 Å². The Balaban J connectivity index is 1.77. The van der Waals surface area contributed by atoms with Gasteiger partial charge in [-0.2, -0.15) is 0 Å². The standard InChI is InChI=1S/C16H17F2NO2/c1-19-9-8-15(7-3-2-4-14(15)19)11-5-6-12-13(10-11)21-16(17,18)20-12/h3,5-7,10,14H,2,4,8-9H2,1H3/t14?,15-/m0/s1. The molecule has 0 N–H and O–H groups in total. The zero-order chi connectivity index (χ0) is 14.7. The number of hydrogen-bond donors (Lipinski definition) is 0. The number of halogens is 2. The van der Waals surface area contributed by atoms with E-state index in [4.69, 9.17) is 0 Å². The van der Waals surface area contributed by atoms with Crippen molar-refractivity contribution >= 4 is 0 Å². The first-order chi connectivity index (χ1) is 10.0. The lowest BCUT2D eigenvalue weighted by atomic mass is 9.70. The molecule has 1 saturated heterocycles. The van der Waals surface area contributed by atoms with Crippen LogP contribution in [-0.2, 0) is 5.41 Å². The third kappa shape index (κ3) is 1.87. The maximum atomic E-state index is 13.2. The maximum absolute atomic E-state index is 13.2. The summed E-state index contributed by atoms with van der Waals surface area (Å²) < 4.78 is 35.4. The van der Waals surface area contributed by atoms with E-state index in [1.54, 1.807) is 12.1 Å². The first kappa shape index (κ1) is 13.1. The van der Waals surface area contributed by atoms with Gasteiger partial charge in [-0.1, -0.05) is 18.2 Å². The molecule has 2 aliphatic heterocycles. The van der Waals surface area contributed by atoms with E-state index in [-0.39, 0.29) is 16.9 Å². The van der Waals surface area contributed by atoms with E-state index in [9.17, 15) is 8.78 Å². The van der Waals surface area contributed by atoms with Crippen LogP contribution in [0.5, 0.6) is 11.5 Å². The fraction of sp³-hybridized carbons (Fsp3) is 0.500. The third-order valence-electron chi connectivity index (χ3n) is 4.97. The molecule has 21 heavy (non-hydrogen) atoms. The van der Waals surface area contributed by atoms with E-state index in [1.807, 2.05) is 6.07 Å². The number of allylic oxidation sites excluding steroid dienone is 1. The molecule has 0 aromatic heterocycles. The molecule has 3 aliphatic rings. The van der Waals surface area contributed by atoms with Gasteiger partial charge >= 0.3 is 6.29 Å². The van der Waals surface area contributed by atoms with Crippen LogP contribution >= 0.6 is 0 Å². The van der Waals surface area contributed by atoms with Gasteiger partial charge in [0.25, 0.3) is 0 Å². The summed E-state index contributed by atoms with van der Waals surface area (Å²) in [6.45, 7) is 1.01. The molecule has 0 bridgehead atoms. The quantitative estimate of drug-likeness (QED) is 0.742.